The molecule has 3 rings (SSSR count). The van der Waals surface area contributed by atoms with E-state index >= 15 is 0 Å². The van der Waals surface area contributed by atoms with Gasteiger partial charge in [-0.1, -0.05) is 27.2 Å². The molecule has 1 aliphatic heterocycles. The lowest BCUT2D eigenvalue weighted by Crippen LogP contribution is -2.57. The Kier molecular flexibility index (Phi) is 5.32. The van der Waals surface area contributed by atoms with E-state index < -0.39 is 0 Å². The summed E-state index contributed by atoms with van der Waals surface area (Å²) in [5.74, 6) is 1.42. The van der Waals surface area contributed by atoms with Gasteiger partial charge in [-0.15, -0.1) is 0 Å². The van der Waals surface area contributed by atoms with Crippen LogP contribution in [0.5, 0.6) is 5.75 Å². The molecule has 5 heteroatoms. The van der Waals surface area contributed by atoms with Crippen LogP contribution in [-0.2, 0) is 0 Å². The second kappa shape index (κ2) is 7.32. The number of hydrogen-bond acceptors (Lipinski definition) is 4. The van der Waals surface area contributed by atoms with Crippen LogP contribution in [0.1, 0.15) is 56.9 Å². The highest BCUT2D eigenvalue weighted by Gasteiger charge is 2.41. The number of rotatable bonds is 6. The van der Waals surface area contributed by atoms with Crippen LogP contribution in [0.25, 0.3) is 0 Å². The van der Waals surface area contributed by atoms with E-state index in [1.807, 2.05) is 6.07 Å². The predicted molar refractivity (Wildman–Crippen MR) is 98.8 cm³/mol. The highest BCUT2D eigenvalue weighted by Crippen LogP contribution is 2.44. The van der Waals surface area contributed by atoms with E-state index in [-0.39, 0.29) is 12.0 Å². The summed E-state index contributed by atoms with van der Waals surface area (Å²) in [5, 5.41) is 2.57. The van der Waals surface area contributed by atoms with E-state index in [1.54, 1.807) is 19.3 Å². The zero-order chi connectivity index (χ0) is 18.0. The third kappa shape index (κ3) is 3.97. The molecule has 138 valence electrons. The summed E-state index contributed by atoms with van der Waals surface area (Å²) in [4.78, 5) is 18.2. The third-order valence-electron chi connectivity index (χ3n) is 6.31. The Morgan fingerprint density at radius 2 is 2.12 bits per heavy atom. The Labute approximate surface area is 151 Å². The van der Waals surface area contributed by atoms with Crippen molar-refractivity contribution in [2.75, 3.05) is 20.1 Å². The first kappa shape index (κ1) is 18.2. The van der Waals surface area contributed by atoms with E-state index in [0.29, 0.717) is 11.1 Å². The lowest BCUT2D eigenvalue weighted by atomic mass is 9.75. The van der Waals surface area contributed by atoms with Crippen LogP contribution in [0.2, 0.25) is 0 Å². The van der Waals surface area contributed by atoms with Gasteiger partial charge in [0.05, 0.1) is 6.20 Å². The summed E-state index contributed by atoms with van der Waals surface area (Å²) in [6.45, 7) is 9.14. The summed E-state index contributed by atoms with van der Waals surface area (Å²) in [6, 6.07) is 4.26. The van der Waals surface area contributed by atoms with Crippen molar-refractivity contribution in [3.8, 4) is 5.75 Å². The molecule has 1 aliphatic carbocycles. The van der Waals surface area contributed by atoms with Gasteiger partial charge in [0.1, 0.15) is 17.5 Å². The lowest BCUT2D eigenvalue weighted by Gasteiger charge is -2.43. The van der Waals surface area contributed by atoms with Crippen LogP contribution in [0, 0.1) is 11.3 Å². The molecule has 5 nitrogen and oxygen atoms in total. The molecule has 2 heterocycles. The number of amides is 1. The molecule has 0 aromatic carbocycles. The fourth-order valence-corrected chi connectivity index (χ4v) is 4.03. The van der Waals surface area contributed by atoms with Crippen molar-refractivity contribution < 1.29 is 9.53 Å². The fourth-order valence-electron chi connectivity index (χ4n) is 4.03. The third-order valence-corrected chi connectivity index (χ3v) is 6.31. The number of hydrogen-bond donors (Lipinski definition) is 1. The minimum absolute atomic E-state index is 0.174. The van der Waals surface area contributed by atoms with E-state index in [0.717, 1.165) is 30.8 Å². The average Bonchev–Trinajstić information content (AvgIpc) is 3.08. The molecule has 2 fully saturated rings. The van der Waals surface area contributed by atoms with Gasteiger partial charge in [-0.3, -0.25) is 9.69 Å². The van der Waals surface area contributed by atoms with E-state index in [2.05, 4.69) is 36.0 Å². The van der Waals surface area contributed by atoms with Gasteiger partial charge in [0, 0.05) is 26.2 Å². The maximum atomic E-state index is 11.5. The van der Waals surface area contributed by atoms with Crippen molar-refractivity contribution in [3.63, 3.8) is 0 Å². The molecule has 2 aliphatic rings. The first-order chi connectivity index (χ1) is 11.9. The van der Waals surface area contributed by atoms with Crippen molar-refractivity contribution in [2.24, 2.45) is 11.3 Å². The largest absolute Gasteiger partial charge is 0.486 e. The number of ether oxygens (including phenoxy) is 1. The second-order valence-electron chi connectivity index (χ2n) is 8.16. The van der Waals surface area contributed by atoms with E-state index in [9.17, 15) is 4.79 Å². The maximum absolute atomic E-state index is 11.5. The van der Waals surface area contributed by atoms with Crippen molar-refractivity contribution >= 4 is 5.91 Å². The van der Waals surface area contributed by atoms with E-state index in [1.165, 1.54) is 25.7 Å². The van der Waals surface area contributed by atoms with Gasteiger partial charge >= 0.3 is 0 Å². The molecule has 2 unspecified atom stereocenters. The minimum Gasteiger partial charge on any atom is -0.486 e. The molecule has 2 atom stereocenters. The van der Waals surface area contributed by atoms with Crippen molar-refractivity contribution in [1.29, 1.82) is 0 Å². The van der Waals surface area contributed by atoms with Crippen LogP contribution in [0.4, 0.5) is 0 Å². The molecule has 0 radical (unpaired) electrons. The van der Waals surface area contributed by atoms with Crippen LogP contribution in [0.15, 0.2) is 18.3 Å². The predicted octanol–water partition coefficient (Wildman–Crippen LogP) is 3.11. The summed E-state index contributed by atoms with van der Waals surface area (Å²) < 4.78 is 5.99. The molecule has 1 aromatic heterocycles. The SMILES string of the molecule is CCC(C)(C)C1CCC(N2CC(Oc3ccc(C(=O)NC)nc3)C2)C1. The quantitative estimate of drug-likeness (QED) is 0.861. The topological polar surface area (TPSA) is 54.5 Å². The standard InChI is InChI=1S/C20H31N3O2/c1-5-20(2,3)14-6-7-15(10-14)23-12-17(13-23)25-16-8-9-18(22-11-16)19(24)21-4/h8-9,11,14-15,17H,5-7,10,12-13H2,1-4H3,(H,21,24). The highest BCUT2D eigenvalue weighted by molar-refractivity contribution is 5.91. The first-order valence-corrected chi connectivity index (χ1v) is 9.51. The fraction of sp³-hybridized carbons (Fsp3) is 0.700. The minimum atomic E-state index is -0.174. The Morgan fingerprint density at radius 1 is 1.36 bits per heavy atom. The Morgan fingerprint density at radius 3 is 2.72 bits per heavy atom. The smallest absolute Gasteiger partial charge is 0.269 e. The van der Waals surface area contributed by atoms with Gasteiger partial charge in [-0.25, -0.2) is 4.98 Å². The molecule has 0 spiro atoms. The summed E-state index contributed by atoms with van der Waals surface area (Å²) in [7, 11) is 1.60. The number of carbonyl (C=O) groups is 1. The van der Waals surface area contributed by atoms with Crippen molar-refractivity contribution in [1.82, 2.24) is 15.2 Å². The number of likely N-dealkylation sites (tertiary alicyclic amines) is 1. The molecular weight excluding hydrogens is 314 g/mol. The van der Waals surface area contributed by atoms with Gasteiger partial charge in [0.15, 0.2) is 0 Å². The van der Waals surface area contributed by atoms with Crippen molar-refractivity contribution in [2.45, 2.75) is 58.6 Å². The number of aromatic nitrogens is 1. The van der Waals surface area contributed by atoms with Gasteiger partial charge in [0.2, 0.25) is 0 Å². The molecule has 1 saturated carbocycles. The zero-order valence-electron chi connectivity index (χ0n) is 15.9. The van der Waals surface area contributed by atoms with Crippen molar-refractivity contribution in [3.05, 3.63) is 24.0 Å². The monoisotopic (exact) mass is 345 g/mol. The Bertz CT molecular complexity index is 593. The average molecular weight is 345 g/mol. The summed E-state index contributed by atoms with van der Waals surface area (Å²) in [6.07, 6.45) is 7.15. The second-order valence-corrected chi connectivity index (χ2v) is 8.16. The zero-order valence-corrected chi connectivity index (χ0v) is 15.9. The molecular formula is C20H31N3O2. The summed E-state index contributed by atoms with van der Waals surface area (Å²) >= 11 is 0. The van der Waals surface area contributed by atoms with Crippen LogP contribution in [0.3, 0.4) is 0 Å². The molecule has 1 N–H and O–H groups in total. The first-order valence-electron chi connectivity index (χ1n) is 9.51. The Hall–Kier alpha value is -1.62. The van der Waals surface area contributed by atoms with E-state index in [4.69, 9.17) is 4.74 Å². The van der Waals surface area contributed by atoms with Crippen LogP contribution in [-0.4, -0.2) is 48.1 Å². The van der Waals surface area contributed by atoms with Crippen LogP contribution < -0.4 is 10.1 Å². The normalized spacial score (nSPS) is 24.8. The van der Waals surface area contributed by atoms with Crippen LogP contribution >= 0.6 is 0 Å². The number of pyridine rings is 1. The molecule has 1 aromatic rings. The Balaban J connectivity index is 1.45. The molecule has 0 bridgehead atoms. The number of nitrogens with zero attached hydrogens (tertiary/aromatic N) is 2. The van der Waals surface area contributed by atoms with Gasteiger partial charge in [-0.05, 0) is 42.7 Å². The highest BCUT2D eigenvalue weighted by atomic mass is 16.5. The number of carbonyl (C=O) groups excluding carboxylic acids is 1. The van der Waals surface area contributed by atoms with Gasteiger partial charge in [-0.2, -0.15) is 0 Å². The lowest BCUT2D eigenvalue weighted by molar-refractivity contribution is -0.0102. The van der Waals surface area contributed by atoms with Gasteiger partial charge < -0.3 is 10.1 Å². The van der Waals surface area contributed by atoms with Gasteiger partial charge in [0.25, 0.3) is 5.91 Å². The number of nitrogens with one attached hydrogen (secondary N) is 1. The molecule has 1 saturated heterocycles. The molecule has 1 amide bonds. The summed E-state index contributed by atoms with van der Waals surface area (Å²) in [5.41, 5.74) is 0.883. The molecule has 25 heavy (non-hydrogen) atoms. The maximum Gasteiger partial charge on any atom is 0.269 e.